The standard InChI is InChI=1S/C19H16O2/c1-15(20)18(11-8-16-6-4-3-5-7-16)14-17-9-12-19(21-2)13-10-17/h3-7,9-10,12-14H,1-2H3. The average Bonchev–Trinajstić information content (AvgIpc) is 2.52. The van der Waals surface area contributed by atoms with E-state index in [4.69, 9.17) is 4.74 Å². The summed E-state index contributed by atoms with van der Waals surface area (Å²) in [7, 11) is 1.62. The minimum atomic E-state index is -0.0470. The number of ether oxygens (including phenoxy) is 1. The zero-order chi connectivity index (χ0) is 15.1. The quantitative estimate of drug-likeness (QED) is 0.631. The molecule has 0 amide bonds. The monoisotopic (exact) mass is 276 g/mol. The van der Waals surface area contributed by atoms with Crippen LogP contribution in [-0.2, 0) is 4.79 Å². The Labute approximate surface area is 125 Å². The van der Waals surface area contributed by atoms with E-state index in [9.17, 15) is 4.79 Å². The van der Waals surface area contributed by atoms with E-state index in [0.29, 0.717) is 5.57 Å². The molecule has 2 rings (SSSR count). The van der Waals surface area contributed by atoms with Crippen LogP contribution in [0.3, 0.4) is 0 Å². The summed E-state index contributed by atoms with van der Waals surface area (Å²) >= 11 is 0. The molecule has 2 aromatic carbocycles. The van der Waals surface area contributed by atoms with Crippen LogP contribution in [0.15, 0.2) is 60.2 Å². The topological polar surface area (TPSA) is 26.3 Å². The molecule has 0 aliphatic carbocycles. The summed E-state index contributed by atoms with van der Waals surface area (Å²) in [5.41, 5.74) is 2.30. The number of carbonyl (C=O) groups is 1. The maximum Gasteiger partial charge on any atom is 0.168 e. The second-order valence-corrected chi connectivity index (χ2v) is 4.50. The van der Waals surface area contributed by atoms with Crippen molar-refractivity contribution in [1.82, 2.24) is 0 Å². The minimum Gasteiger partial charge on any atom is -0.497 e. The van der Waals surface area contributed by atoms with Gasteiger partial charge in [-0.1, -0.05) is 42.2 Å². The lowest BCUT2D eigenvalue weighted by molar-refractivity contribution is -0.113. The third-order valence-corrected chi connectivity index (χ3v) is 2.92. The van der Waals surface area contributed by atoms with Crippen molar-refractivity contribution in [3.8, 4) is 17.6 Å². The number of hydrogen-bond acceptors (Lipinski definition) is 2. The molecule has 0 heterocycles. The molecule has 0 radical (unpaired) electrons. The van der Waals surface area contributed by atoms with Gasteiger partial charge >= 0.3 is 0 Å². The van der Waals surface area contributed by atoms with Gasteiger partial charge in [-0.25, -0.2) is 0 Å². The summed E-state index contributed by atoms with van der Waals surface area (Å²) in [4.78, 5) is 11.7. The van der Waals surface area contributed by atoms with Crippen LogP contribution in [0, 0.1) is 11.8 Å². The molecule has 2 nitrogen and oxygen atoms in total. The van der Waals surface area contributed by atoms with Gasteiger partial charge in [-0.15, -0.1) is 0 Å². The molecular formula is C19H16O2. The molecule has 2 aromatic rings. The molecule has 0 saturated carbocycles. The normalized spacial score (nSPS) is 10.5. The lowest BCUT2D eigenvalue weighted by Crippen LogP contribution is -1.93. The molecule has 0 saturated heterocycles. The molecule has 0 unspecified atom stereocenters. The second-order valence-electron chi connectivity index (χ2n) is 4.50. The average molecular weight is 276 g/mol. The Bertz CT molecular complexity index is 699. The van der Waals surface area contributed by atoms with Crippen molar-refractivity contribution in [3.63, 3.8) is 0 Å². The van der Waals surface area contributed by atoms with E-state index in [1.54, 1.807) is 13.2 Å². The number of carbonyl (C=O) groups excluding carboxylic acids is 1. The zero-order valence-corrected chi connectivity index (χ0v) is 12.1. The van der Waals surface area contributed by atoms with Crippen LogP contribution in [0.5, 0.6) is 5.75 Å². The Morgan fingerprint density at radius 2 is 1.71 bits per heavy atom. The van der Waals surface area contributed by atoms with E-state index in [-0.39, 0.29) is 5.78 Å². The molecule has 0 atom stereocenters. The van der Waals surface area contributed by atoms with Crippen molar-refractivity contribution < 1.29 is 9.53 Å². The molecule has 2 heteroatoms. The molecule has 0 N–H and O–H groups in total. The Hall–Kier alpha value is -2.79. The van der Waals surface area contributed by atoms with Gasteiger partial charge < -0.3 is 4.74 Å². The first kappa shape index (κ1) is 14.6. The van der Waals surface area contributed by atoms with Gasteiger partial charge in [0.1, 0.15) is 5.75 Å². The summed E-state index contributed by atoms with van der Waals surface area (Å²) in [6.45, 7) is 1.52. The molecule has 104 valence electrons. The van der Waals surface area contributed by atoms with Crippen LogP contribution in [0.1, 0.15) is 18.1 Å². The Morgan fingerprint density at radius 3 is 2.29 bits per heavy atom. The fourth-order valence-electron chi connectivity index (χ4n) is 1.75. The number of methoxy groups -OCH3 is 1. The predicted molar refractivity (Wildman–Crippen MR) is 85.0 cm³/mol. The number of allylic oxidation sites excluding steroid dienone is 1. The Balaban J connectivity index is 2.28. The number of rotatable bonds is 3. The Morgan fingerprint density at radius 1 is 1.05 bits per heavy atom. The smallest absolute Gasteiger partial charge is 0.168 e. The van der Waals surface area contributed by atoms with E-state index in [1.807, 2.05) is 54.6 Å². The summed E-state index contributed by atoms with van der Waals surface area (Å²) < 4.78 is 5.11. The van der Waals surface area contributed by atoms with Crippen LogP contribution in [-0.4, -0.2) is 12.9 Å². The third-order valence-electron chi connectivity index (χ3n) is 2.92. The van der Waals surface area contributed by atoms with Crippen molar-refractivity contribution in [1.29, 1.82) is 0 Å². The highest BCUT2D eigenvalue weighted by atomic mass is 16.5. The van der Waals surface area contributed by atoms with Crippen molar-refractivity contribution in [3.05, 3.63) is 71.3 Å². The minimum absolute atomic E-state index is 0.0470. The summed E-state index contributed by atoms with van der Waals surface area (Å²) in [5.74, 6) is 6.69. The first-order chi connectivity index (χ1) is 10.2. The van der Waals surface area contributed by atoms with Gasteiger partial charge in [-0.05, 0) is 42.8 Å². The first-order valence-electron chi connectivity index (χ1n) is 6.63. The van der Waals surface area contributed by atoms with E-state index in [1.165, 1.54) is 6.92 Å². The highest BCUT2D eigenvalue weighted by Crippen LogP contribution is 2.14. The van der Waals surface area contributed by atoms with Gasteiger partial charge in [0.25, 0.3) is 0 Å². The molecule has 0 aliphatic rings. The predicted octanol–water partition coefficient (Wildman–Crippen LogP) is 3.72. The summed E-state index contributed by atoms with van der Waals surface area (Å²) in [5, 5.41) is 0. The number of benzene rings is 2. The SMILES string of the molecule is COc1ccc(C=C(C#Cc2ccccc2)C(C)=O)cc1. The van der Waals surface area contributed by atoms with Crippen LogP contribution in [0.4, 0.5) is 0 Å². The molecular weight excluding hydrogens is 260 g/mol. The molecule has 0 aliphatic heterocycles. The Kier molecular flexibility index (Phi) is 4.95. The highest BCUT2D eigenvalue weighted by molar-refractivity contribution is 6.02. The van der Waals surface area contributed by atoms with Crippen LogP contribution in [0.2, 0.25) is 0 Å². The van der Waals surface area contributed by atoms with E-state index in [2.05, 4.69) is 11.8 Å². The van der Waals surface area contributed by atoms with Crippen LogP contribution in [0.25, 0.3) is 6.08 Å². The maximum atomic E-state index is 11.7. The van der Waals surface area contributed by atoms with Crippen LogP contribution < -0.4 is 4.74 Å². The summed E-state index contributed by atoms with van der Waals surface area (Å²) in [6.07, 6.45) is 1.79. The van der Waals surface area contributed by atoms with Gasteiger partial charge in [-0.3, -0.25) is 4.79 Å². The van der Waals surface area contributed by atoms with Gasteiger partial charge in [-0.2, -0.15) is 0 Å². The first-order valence-corrected chi connectivity index (χ1v) is 6.63. The molecule has 21 heavy (non-hydrogen) atoms. The van der Waals surface area contributed by atoms with E-state index in [0.717, 1.165) is 16.9 Å². The van der Waals surface area contributed by atoms with Gasteiger partial charge in [0.15, 0.2) is 5.78 Å². The number of hydrogen-bond donors (Lipinski definition) is 0. The molecule has 0 bridgehead atoms. The fourth-order valence-corrected chi connectivity index (χ4v) is 1.75. The van der Waals surface area contributed by atoms with Crippen molar-refractivity contribution >= 4 is 11.9 Å². The van der Waals surface area contributed by atoms with Crippen molar-refractivity contribution in [2.24, 2.45) is 0 Å². The van der Waals surface area contributed by atoms with Gasteiger partial charge in [0.2, 0.25) is 0 Å². The van der Waals surface area contributed by atoms with E-state index >= 15 is 0 Å². The van der Waals surface area contributed by atoms with Crippen molar-refractivity contribution in [2.75, 3.05) is 7.11 Å². The molecule has 0 fully saturated rings. The van der Waals surface area contributed by atoms with E-state index < -0.39 is 0 Å². The highest BCUT2D eigenvalue weighted by Gasteiger charge is 2.01. The second kappa shape index (κ2) is 7.12. The number of ketones is 1. The lowest BCUT2D eigenvalue weighted by atomic mass is 10.1. The lowest BCUT2D eigenvalue weighted by Gasteiger charge is -2.00. The number of Topliss-reactive ketones (excluding diaryl/α,β-unsaturated/α-hetero) is 1. The maximum absolute atomic E-state index is 11.7. The molecule has 0 spiro atoms. The fraction of sp³-hybridized carbons (Fsp3) is 0.105. The summed E-state index contributed by atoms with van der Waals surface area (Å²) in [6, 6.07) is 17.1. The zero-order valence-electron chi connectivity index (χ0n) is 12.1. The van der Waals surface area contributed by atoms with Crippen molar-refractivity contribution in [2.45, 2.75) is 6.92 Å². The van der Waals surface area contributed by atoms with Gasteiger partial charge in [0.05, 0.1) is 12.7 Å². The van der Waals surface area contributed by atoms with Gasteiger partial charge in [0, 0.05) is 5.56 Å². The molecule has 0 aromatic heterocycles. The van der Waals surface area contributed by atoms with Crippen LogP contribution >= 0.6 is 0 Å². The third kappa shape index (κ3) is 4.36. The largest absolute Gasteiger partial charge is 0.497 e.